The van der Waals surface area contributed by atoms with Crippen molar-refractivity contribution in [2.24, 2.45) is 11.1 Å². The lowest BCUT2D eigenvalue weighted by atomic mass is 9.83. The molecule has 1 aliphatic rings. The third-order valence-corrected chi connectivity index (χ3v) is 4.45. The molecule has 0 amide bonds. The van der Waals surface area contributed by atoms with Gasteiger partial charge in [0.15, 0.2) is 0 Å². The van der Waals surface area contributed by atoms with Crippen LogP contribution in [0.1, 0.15) is 50.8 Å². The van der Waals surface area contributed by atoms with Crippen LogP contribution in [0.15, 0.2) is 16.6 Å². The smallest absolute Gasteiger partial charge is 0.122 e. The average molecular weight is 312 g/mol. The van der Waals surface area contributed by atoms with Crippen LogP contribution >= 0.6 is 15.9 Å². The maximum Gasteiger partial charge on any atom is 0.122 e. The molecule has 2 nitrogen and oxygen atoms in total. The third-order valence-electron chi connectivity index (χ3n) is 3.76. The Hall–Kier alpha value is -0.540. The van der Waals surface area contributed by atoms with Crippen molar-refractivity contribution in [2.45, 2.75) is 46.1 Å². The molecule has 0 bridgehead atoms. The molecule has 0 aliphatic heterocycles. The van der Waals surface area contributed by atoms with Gasteiger partial charge in [-0.3, -0.25) is 0 Å². The van der Waals surface area contributed by atoms with E-state index in [9.17, 15) is 0 Å². The zero-order valence-electron chi connectivity index (χ0n) is 11.4. The van der Waals surface area contributed by atoms with Gasteiger partial charge in [0.1, 0.15) is 5.75 Å². The molecular weight excluding hydrogens is 290 g/mol. The third kappa shape index (κ3) is 2.72. The van der Waals surface area contributed by atoms with Gasteiger partial charge in [-0.05, 0) is 49.3 Å². The van der Waals surface area contributed by atoms with E-state index >= 15 is 0 Å². The molecule has 0 fully saturated rings. The predicted octanol–water partition coefficient (Wildman–Crippen LogP) is 4.21. The molecule has 2 rings (SSSR count). The van der Waals surface area contributed by atoms with Crippen LogP contribution in [0, 0.1) is 5.41 Å². The van der Waals surface area contributed by atoms with Crippen LogP contribution in [0.25, 0.3) is 0 Å². The normalized spacial score (nSPS) is 22.2. The molecule has 1 atom stereocenters. The standard InChI is InChI=1S/C15H22BrNO/c1-4-18-13-6-5-11(16)14-10(13)7-8-15(2,3)9-12(14)17/h5-6,12H,4,7-9,17H2,1-3H3. The largest absolute Gasteiger partial charge is 0.494 e. The Morgan fingerprint density at radius 1 is 1.44 bits per heavy atom. The first-order valence-corrected chi connectivity index (χ1v) is 7.43. The van der Waals surface area contributed by atoms with Gasteiger partial charge in [0.2, 0.25) is 0 Å². The summed E-state index contributed by atoms with van der Waals surface area (Å²) in [7, 11) is 0. The molecule has 1 aromatic rings. The predicted molar refractivity (Wildman–Crippen MR) is 79.0 cm³/mol. The second kappa shape index (κ2) is 5.22. The van der Waals surface area contributed by atoms with E-state index in [-0.39, 0.29) is 6.04 Å². The summed E-state index contributed by atoms with van der Waals surface area (Å²) in [5, 5.41) is 0. The Kier molecular flexibility index (Phi) is 4.02. The van der Waals surface area contributed by atoms with E-state index in [1.807, 2.05) is 6.92 Å². The maximum absolute atomic E-state index is 6.40. The van der Waals surface area contributed by atoms with Crippen LogP contribution in [0.4, 0.5) is 0 Å². The second-order valence-electron chi connectivity index (χ2n) is 5.85. The topological polar surface area (TPSA) is 35.2 Å². The molecule has 0 aromatic heterocycles. The van der Waals surface area contributed by atoms with Gasteiger partial charge < -0.3 is 10.5 Å². The van der Waals surface area contributed by atoms with Crippen molar-refractivity contribution in [3.63, 3.8) is 0 Å². The van der Waals surface area contributed by atoms with E-state index in [4.69, 9.17) is 10.5 Å². The van der Waals surface area contributed by atoms with Crippen molar-refractivity contribution in [3.8, 4) is 5.75 Å². The number of hydrogen-bond acceptors (Lipinski definition) is 2. The monoisotopic (exact) mass is 311 g/mol. The van der Waals surface area contributed by atoms with E-state index < -0.39 is 0 Å². The minimum absolute atomic E-state index is 0.0901. The SMILES string of the molecule is CCOc1ccc(Br)c2c1CCC(C)(C)CC2N. The van der Waals surface area contributed by atoms with Gasteiger partial charge in [0.05, 0.1) is 6.61 Å². The lowest BCUT2D eigenvalue weighted by Gasteiger charge is -2.24. The number of hydrogen-bond donors (Lipinski definition) is 1. The molecular formula is C15H22BrNO. The molecule has 3 heteroatoms. The van der Waals surface area contributed by atoms with Gasteiger partial charge in [-0.2, -0.15) is 0 Å². The van der Waals surface area contributed by atoms with Crippen LogP contribution in [0.2, 0.25) is 0 Å². The molecule has 1 aliphatic carbocycles. The van der Waals surface area contributed by atoms with E-state index in [2.05, 4.69) is 41.9 Å². The highest BCUT2D eigenvalue weighted by atomic mass is 79.9. The summed E-state index contributed by atoms with van der Waals surface area (Å²) in [4.78, 5) is 0. The molecule has 0 saturated carbocycles. The second-order valence-corrected chi connectivity index (χ2v) is 6.70. The van der Waals surface area contributed by atoms with Crippen molar-refractivity contribution in [2.75, 3.05) is 6.61 Å². The Morgan fingerprint density at radius 2 is 2.17 bits per heavy atom. The molecule has 0 spiro atoms. The Labute approximate surface area is 118 Å². The van der Waals surface area contributed by atoms with Crippen LogP contribution < -0.4 is 10.5 Å². The average Bonchev–Trinajstić information content (AvgIpc) is 2.39. The van der Waals surface area contributed by atoms with Crippen LogP contribution in [-0.2, 0) is 6.42 Å². The quantitative estimate of drug-likeness (QED) is 0.830. The van der Waals surface area contributed by atoms with Gasteiger partial charge >= 0.3 is 0 Å². The summed E-state index contributed by atoms with van der Waals surface area (Å²) in [6.07, 6.45) is 3.23. The molecule has 2 N–H and O–H groups in total. The van der Waals surface area contributed by atoms with Crippen molar-refractivity contribution < 1.29 is 4.74 Å². The lowest BCUT2D eigenvalue weighted by Crippen LogP contribution is -2.19. The fourth-order valence-corrected chi connectivity index (χ4v) is 3.49. The minimum atomic E-state index is 0.0901. The summed E-state index contributed by atoms with van der Waals surface area (Å²) < 4.78 is 6.87. The molecule has 100 valence electrons. The van der Waals surface area contributed by atoms with Crippen molar-refractivity contribution in [3.05, 3.63) is 27.7 Å². The molecule has 1 unspecified atom stereocenters. The number of ether oxygens (including phenoxy) is 1. The zero-order chi connectivity index (χ0) is 13.3. The molecule has 18 heavy (non-hydrogen) atoms. The number of benzene rings is 1. The van der Waals surface area contributed by atoms with Gasteiger partial charge in [-0.25, -0.2) is 0 Å². The number of halogens is 1. The number of fused-ring (bicyclic) bond motifs is 1. The first kappa shape index (κ1) is 13.9. The molecule has 0 heterocycles. The van der Waals surface area contributed by atoms with E-state index in [1.54, 1.807) is 0 Å². The summed E-state index contributed by atoms with van der Waals surface area (Å²) in [6, 6.07) is 4.20. The van der Waals surface area contributed by atoms with E-state index in [0.29, 0.717) is 12.0 Å². The molecule has 0 radical (unpaired) electrons. The highest BCUT2D eigenvalue weighted by Crippen LogP contribution is 2.43. The highest BCUT2D eigenvalue weighted by Gasteiger charge is 2.30. The van der Waals surface area contributed by atoms with E-state index in [0.717, 1.165) is 29.5 Å². The first-order valence-electron chi connectivity index (χ1n) is 6.64. The van der Waals surface area contributed by atoms with Crippen molar-refractivity contribution >= 4 is 15.9 Å². The van der Waals surface area contributed by atoms with Gasteiger partial charge in [-0.1, -0.05) is 29.8 Å². The summed E-state index contributed by atoms with van der Waals surface area (Å²) >= 11 is 3.64. The summed E-state index contributed by atoms with van der Waals surface area (Å²) in [5.41, 5.74) is 9.23. The van der Waals surface area contributed by atoms with E-state index in [1.165, 1.54) is 11.1 Å². The number of nitrogens with two attached hydrogens (primary N) is 1. The number of rotatable bonds is 2. The van der Waals surface area contributed by atoms with Gasteiger partial charge in [0, 0.05) is 16.1 Å². The fourth-order valence-electron chi connectivity index (χ4n) is 2.83. The highest BCUT2D eigenvalue weighted by molar-refractivity contribution is 9.10. The Bertz CT molecular complexity index is 442. The van der Waals surface area contributed by atoms with Gasteiger partial charge in [-0.15, -0.1) is 0 Å². The lowest BCUT2D eigenvalue weighted by molar-refractivity contribution is 0.292. The first-order chi connectivity index (χ1) is 8.44. The van der Waals surface area contributed by atoms with Crippen LogP contribution in [0.5, 0.6) is 5.75 Å². The Morgan fingerprint density at radius 3 is 2.83 bits per heavy atom. The van der Waals surface area contributed by atoms with Gasteiger partial charge in [0.25, 0.3) is 0 Å². The molecule has 0 saturated heterocycles. The van der Waals surface area contributed by atoms with Crippen molar-refractivity contribution in [1.82, 2.24) is 0 Å². The van der Waals surface area contributed by atoms with Crippen LogP contribution in [-0.4, -0.2) is 6.61 Å². The Balaban J connectivity index is 2.49. The molecule has 1 aromatic carbocycles. The van der Waals surface area contributed by atoms with Crippen LogP contribution in [0.3, 0.4) is 0 Å². The maximum atomic E-state index is 6.40. The summed E-state index contributed by atoms with van der Waals surface area (Å²) in [5.74, 6) is 1.00. The summed E-state index contributed by atoms with van der Waals surface area (Å²) in [6.45, 7) is 7.32. The fraction of sp³-hybridized carbons (Fsp3) is 0.600. The minimum Gasteiger partial charge on any atom is -0.494 e. The zero-order valence-corrected chi connectivity index (χ0v) is 13.0. The van der Waals surface area contributed by atoms with Crippen molar-refractivity contribution in [1.29, 1.82) is 0 Å².